The molecule has 2 N–H and O–H groups in total. The molecule has 0 radical (unpaired) electrons. The molecule has 0 rings (SSSR count). The molecule has 36 heavy (non-hydrogen) atoms. The molecule has 0 saturated carbocycles. The van der Waals surface area contributed by atoms with Crippen LogP contribution in [0.4, 0.5) is 0 Å². The Kier molecular flexibility index (Phi) is 21.6. The number of rotatable bonds is 24. The fourth-order valence-electron chi connectivity index (χ4n) is 4.97. The number of hydrogen-bond acceptors (Lipinski definition) is 3. The molecule has 3 atom stereocenters. The van der Waals surface area contributed by atoms with Crippen LogP contribution in [0.5, 0.6) is 0 Å². The summed E-state index contributed by atoms with van der Waals surface area (Å²) in [6, 6.07) is 0. The molecule has 3 unspecified atom stereocenters. The number of nitrogens with zero attached hydrogens (tertiary/aromatic N) is 1. The maximum atomic E-state index is 12.6. The molecule has 0 fully saturated rings. The smallest absolute Gasteiger partial charge is 0.306 e. The van der Waals surface area contributed by atoms with Crippen LogP contribution in [-0.2, 0) is 14.4 Å². The van der Waals surface area contributed by atoms with Crippen molar-refractivity contribution in [1.82, 2.24) is 10.2 Å². The fraction of sp³-hybridized carbons (Fsp3) is 0.900. The third kappa shape index (κ3) is 17.0. The van der Waals surface area contributed by atoms with Crippen molar-refractivity contribution in [3.05, 3.63) is 0 Å². The van der Waals surface area contributed by atoms with Gasteiger partial charge in [0.25, 0.3) is 0 Å². The van der Waals surface area contributed by atoms with Crippen molar-refractivity contribution < 1.29 is 19.5 Å². The first kappa shape index (κ1) is 34.4. The number of amides is 2. The van der Waals surface area contributed by atoms with E-state index in [1.54, 1.807) is 19.0 Å². The molecule has 2 amide bonds. The summed E-state index contributed by atoms with van der Waals surface area (Å²) in [5.74, 6) is -0.986. The summed E-state index contributed by atoms with van der Waals surface area (Å²) >= 11 is 0. The maximum absolute atomic E-state index is 12.6. The third-order valence-corrected chi connectivity index (χ3v) is 7.54. The Morgan fingerprint density at radius 2 is 1.08 bits per heavy atom. The van der Waals surface area contributed by atoms with Gasteiger partial charge in [-0.15, -0.1) is 0 Å². The van der Waals surface area contributed by atoms with Gasteiger partial charge in [-0.3, -0.25) is 14.4 Å². The lowest BCUT2D eigenvalue weighted by atomic mass is 9.89. The number of carboxylic acids is 1. The van der Waals surface area contributed by atoms with Gasteiger partial charge in [0.1, 0.15) is 0 Å². The number of hydrogen-bond donors (Lipinski definition) is 2. The monoisotopic (exact) mass is 510 g/mol. The second kappa shape index (κ2) is 22.6. The van der Waals surface area contributed by atoms with Crippen molar-refractivity contribution in [2.24, 2.45) is 17.8 Å². The fourth-order valence-corrected chi connectivity index (χ4v) is 4.97. The number of aliphatic carboxylic acids is 1. The molecular formula is C30H58N2O4. The zero-order valence-electron chi connectivity index (χ0n) is 24.3. The van der Waals surface area contributed by atoms with Gasteiger partial charge in [-0.25, -0.2) is 0 Å². The Morgan fingerprint density at radius 1 is 0.639 bits per heavy atom. The summed E-state index contributed by atoms with van der Waals surface area (Å²) in [6.07, 6.45) is 18.5. The summed E-state index contributed by atoms with van der Waals surface area (Å²) in [5.41, 5.74) is 0. The van der Waals surface area contributed by atoms with E-state index >= 15 is 0 Å². The van der Waals surface area contributed by atoms with Crippen LogP contribution in [0.2, 0.25) is 0 Å². The predicted molar refractivity (Wildman–Crippen MR) is 150 cm³/mol. The van der Waals surface area contributed by atoms with Gasteiger partial charge >= 0.3 is 5.97 Å². The Morgan fingerprint density at radius 3 is 1.53 bits per heavy atom. The Hall–Kier alpha value is -1.59. The number of carbonyl (C=O) groups excluding carboxylic acids is 2. The third-order valence-electron chi connectivity index (χ3n) is 7.54. The molecule has 0 aromatic heterocycles. The number of nitrogens with one attached hydrogen (secondary N) is 1. The Labute approximate surface area is 222 Å². The molecule has 0 aromatic rings. The van der Waals surface area contributed by atoms with Gasteiger partial charge in [0, 0.05) is 32.5 Å². The van der Waals surface area contributed by atoms with Crippen LogP contribution in [0.3, 0.4) is 0 Å². The summed E-state index contributed by atoms with van der Waals surface area (Å²) in [4.78, 5) is 38.1. The highest BCUT2D eigenvalue weighted by Gasteiger charge is 2.22. The SMILES string of the molecule is CCCCCCCCCCCCNC(=O)C(CC)CCCC(CCCC(CC)C(=O)N(C)C)C(=O)O. The molecule has 0 aliphatic carbocycles. The van der Waals surface area contributed by atoms with Crippen molar-refractivity contribution in [1.29, 1.82) is 0 Å². The summed E-state index contributed by atoms with van der Waals surface area (Å²) in [7, 11) is 3.53. The lowest BCUT2D eigenvalue weighted by Crippen LogP contribution is -2.31. The zero-order chi connectivity index (χ0) is 27.2. The van der Waals surface area contributed by atoms with Crippen molar-refractivity contribution in [2.75, 3.05) is 20.6 Å². The summed E-state index contributed by atoms with van der Waals surface area (Å²) < 4.78 is 0. The minimum Gasteiger partial charge on any atom is -0.481 e. The second-order valence-electron chi connectivity index (χ2n) is 10.8. The lowest BCUT2D eigenvalue weighted by Gasteiger charge is -2.20. The van der Waals surface area contributed by atoms with Crippen molar-refractivity contribution in [2.45, 2.75) is 136 Å². The number of carbonyl (C=O) groups is 3. The minimum atomic E-state index is -0.763. The van der Waals surface area contributed by atoms with E-state index in [1.165, 1.54) is 57.8 Å². The summed E-state index contributed by atoms with van der Waals surface area (Å²) in [5, 5.41) is 12.7. The highest BCUT2D eigenvalue weighted by atomic mass is 16.4. The van der Waals surface area contributed by atoms with Crippen LogP contribution >= 0.6 is 0 Å². The molecule has 212 valence electrons. The molecule has 6 heteroatoms. The first-order chi connectivity index (χ1) is 17.3. The molecular weight excluding hydrogens is 452 g/mol. The zero-order valence-corrected chi connectivity index (χ0v) is 24.3. The van der Waals surface area contributed by atoms with Gasteiger partial charge in [0.15, 0.2) is 0 Å². The molecule has 0 saturated heterocycles. The van der Waals surface area contributed by atoms with Gasteiger partial charge < -0.3 is 15.3 Å². The average molecular weight is 511 g/mol. The normalized spacial score (nSPS) is 13.7. The van der Waals surface area contributed by atoms with Crippen molar-refractivity contribution in [3.63, 3.8) is 0 Å². The number of carboxylic acid groups (broad SMARTS) is 1. The first-order valence-electron chi connectivity index (χ1n) is 15.0. The van der Waals surface area contributed by atoms with Crippen molar-refractivity contribution in [3.8, 4) is 0 Å². The molecule has 0 spiro atoms. The highest BCUT2D eigenvalue weighted by molar-refractivity contribution is 5.78. The van der Waals surface area contributed by atoms with E-state index in [0.29, 0.717) is 12.8 Å². The molecule has 0 bridgehead atoms. The average Bonchev–Trinajstić information content (AvgIpc) is 2.85. The van der Waals surface area contributed by atoms with Crippen LogP contribution in [-0.4, -0.2) is 48.4 Å². The largest absolute Gasteiger partial charge is 0.481 e. The Balaban J connectivity index is 4.11. The number of unbranched alkanes of at least 4 members (excludes halogenated alkanes) is 9. The standard InChI is InChI=1S/C30H58N2O4/c1-6-9-10-11-12-13-14-15-16-17-24-31-28(33)25(7-2)20-18-22-27(30(35)36)23-19-21-26(8-3)29(34)32(4)5/h25-27H,6-24H2,1-5H3,(H,31,33)(H,35,36). The van der Waals surface area contributed by atoms with E-state index < -0.39 is 11.9 Å². The van der Waals surface area contributed by atoms with Crippen LogP contribution in [0.1, 0.15) is 136 Å². The first-order valence-corrected chi connectivity index (χ1v) is 15.0. The molecule has 0 aliphatic heterocycles. The molecule has 0 aromatic carbocycles. The van der Waals surface area contributed by atoms with Crippen LogP contribution in [0.25, 0.3) is 0 Å². The maximum Gasteiger partial charge on any atom is 0.306 e. The van der Waals surface area contributed by atoms with Gasteiger partial charge in [-0.1, -0.05) is 91.4 Å². The van der Waals surface area contributed by atoms with Gasteiger partial charge in [0.2, 0.25) is 11.8 Å². The van der Waals surface area contributed by atoms with E-state index in [-0.39, 0.29) is 23.7 Å². The van der Waals surface area contributed by atoms with Gasteiger partial charge in [0.05, 0.1) is 5.92 Å². The minimum absolute atomic E-state index is 0.0295. The van der Waals surface area contributed by atoms with Crippen LogP contribution < -0.4 is 5.32 Å². The van der Waals surface area contributed by atoms with E-state index in [4.69, 9.17) is 0 Å². The van der Waals surface area contributed by atoms with E-state index in [9.17, 15) is 19.5 Å². The predicted octanol–water partition coefficient (Wildman–Crippen LogP) is 7.21. The highest BCUT2D eigenvalue weighted by Crippen LogP contribution is 2.23. The Bertz CT molecular complexity index is 579. The quantitative estimate of drug-likeness (QED) is 0.134. The van der Waals surface area contributed by atoms with E-state index in [1.807, 2.05) is 13.8 Å². The van der Waals surface area contributed by atoms with Crippen molar-refractivity contribution >= 4 is 17.8 Å². The molecule has 6 nitrogen and oxygen atoms in total. The van der Waals surface area contributed by atoms with Gasteiger partial charge in [-0.2, -0.15) is 0 Å². The van der Waals surface area contributed by atoms with Gasteiger partial charge in [-0.05, 0) is 44.9 Å². The van der Waals surface area contributed by atoms with Crippen LogP contribution in [0.15, 0.2) is 0 Å². The van der Waals surface area contributed by atoms with E-state index in [0.717, 1.165) is 51.5 Å². The topological polar surface area (TPSA) is 86.7 Å². The second-order valence-corrected chi connectivity index (χ2v) is 10.8. The lowest BCUT2D eigenvalue weighted by molar-refractivity contribution is -0.142. The van der Waals surface area contributed by atoms with Crippen LogP contribution in [0, 0.1) is 17.8 Å². The molecule has 0 heterocycles. The van der Waals surface area contributed by atoms with E-state index in [2.05, 4.69) is 12.2 Å². The molecule has 0 aliphatic rings. The summed E-state index contributed by atoms with van der Waals surface area (Å²) in [6.45, 7) is 7.03.